The van der Waals surface area contributed by atoms with Crippen LogP contribution in [0.2, 0.25) is 5.02 Å². The van der Waals surface area contributed by atoms with E-state index in [9.17, 15) is 4.21 Å². The van der Waals surface area contributed by atoms with Crippen LogP contribution < -0.4 is 5.32 Å². The molecular weight excluding hydrogens is 254 g/mol. The summed E-state index contributed by atoms with van der Waals surface area (Å²) in [6, 6.07) is 8.20. The molecule has 4 heteroatoms. The highest BCUT2D eigenvalue weighted by Gasteiger charge is 2.08. The van der Waals surface area contributed by atoms with E-state index in [1.54, 1.807) is 0 Å². The monoisotopic (exact) mass is 273 g/mol. The average Bonchev–Trinajstić information content (AvgIpc) is 2.34. The first-order valence-electron chi connectivity index (χ1n) is 6.01. The normalized spacial score (nSPS) is 14.5. The van der Waals surface area contributed by atoms with Crippen LogP contribution in [0.15, 0.2) is 24.3 Å². The van der Waals surface area contributed by atoms with Gasteiger partial charge in [0.05, 0.1) is 0 Å². The summed E-state index contributed by atoms with van der Waals surface area (Å²) in [7, 11) is -0.695. The summed E-state index contributed by atoms with van der Waals surface area (Å²) in [6.07, 6.45) is 0.999. The molecule has 2 atom stereocenters. The Bertz CT molecular complexity index is 370. The lowest BCUT2D eigenvalue weighted by molar-refractivity contribution is 0.538. The molecule has 0 aliphatic rings. The molecule has 0 amide bonds. The van der Waals surface area contributed by atoms with E-state index in [-0.39, 0.29) is 0 Å². The molecule has 0 aromatic heterocycles. The van der Waals surface area contributed by atoms with E-state index >= 15 is 0 Å². The second-order valence-corrected chi connectivity index (χ2v) is 6.20. The van der Waals surface area contributed by atoms with Crippen molar-refractivity contribution in [2.24, 2.45) is 0 Å². The van der Waals surface area contributed by atoms with Crippen LogP contribution in [0.25, 0.3) is 0 Å². The van der Waals surface area contributed by atoms with Crippen LogP contribution in [-0.4, -0.2) is 22.3 Å². The fourth-order valence-corrected chi connectivity index (χ4v) is 2.55. The zero-order valence-electron chi connectivity index (χ0n) is 10.4. The molecule has 1 aromatic carbocycles. The Hall–Kier alpha value is -0.380. The first-order chi connectivity index (χ1) is 8.17. The van der Waals surface area contributed by atoms with E-state index in [2.05, 4.69) is 18.3 Å². The molecule has 0 bridgehead atoms. The first kappa shape index (κ1) is 14.7. The minimum atomic E-state index is -0.695. The number of hydrogen-bond acceptors (Lipinski definition) is 2. The number of nitrogens with one attached hydrogen (secondary N) is 1. The van der Waals surface area contributed by atoms with Crippen LogP contribution in [0, 0.1) is 0 Å². The predicted octanol–water partition coefficient (Wildman–Crippen LogP) is 3.15. The molecule has 0 fully saturated rings. The lowest BCUT2D eigenvalue weighted by atomic mass is 10.0. The third kappa shape index (κ3) is 5.19. The highest BCUT2D eigenvalue weighted by atomic mass is 35.5. The lowest BCUT2D eigenvalue weighted by Crippen LogP contribution is -2.25. The molecule has 0 aliphatic heterocycles. The summed E-state index contributed by atoms with van der Waals surface area (Å²) in [5.74, 6) is 1.45. The molecule has 1 N–H and O–H groups in total. The maximum Gasteiger partial charge on any atom is 0.0409 e. The fraction of sp³-hybridized carbons (Fsp3) is 0.538. The maximum absolute atomic E-state index is 11.3. The minimum absolute atomic E-state index is 0.294. The molecule has 96 valence electrons. The van der Waals surface area contributed by atoms with Gasteiger partial charge in [-0.15, -0.1) is 0 Å². The Morgan fingerprint density at radius 1 is 1.41 bits per heavy atom. The van der Waals surface area contributed by atoms with E-state index in [0.29, 0.717) is 11.8 Å². The Morgan fingerprint density at radius 3 is 2.76 bits per heavy atom. The van der Waals surface area contributed by atoms with Crippen molar-refractivity contribution in [3.05, 3.63) is 34.9 Å². The number of rotatable bonds is 7. The van der Waals surface area contributed by atoms with Crippen molar-refractivity contribution in [3.63, 3.8) is 0 Å². The zero-order valence-corrected chi connectivity index (χ0v) is 12.0. The Morgan fingerprint density at radius 2 is 2.18 bits per heavy atom. The molecule has 2 nitrogen and oxygen atoms in total. The smallest absolute Gasteiger partial charge is 0.0409 e. The molecule has 0 aliphatic carbocycles. The van der Waals surface area contributed by atoms with E-state index in [1.165, 1.54) is 5.56 Å². The second-order valence-electron chi connectivity index (χ2n) is 3.90. The molecule has 0 saturated carbocycles. The van der Waals surface area contributed by atoms with E-state index in [1.807, 2.05) is 25.1 Å². The van der Waals surface area contributed by atoms with Crippen molar-refractivity contribution < 1.29 is 4.21 Å². The van der Waals surface area contributed by atoms with Crippen molar-refractivity contribution in [2.75, 3.05) is 18.1 Å². The van der Waals surface area contributed by atoms with Crippen LogP contribution in [0.1, 0.15) is 31.9 Å². The quantitative estimate of drug-likeness (QED) is 0.827. The largest absolute Gasteiger partial charge is 0.309 e. The molecule has 0 spiro atoms. The van der Waals surface area contributed by atoms with Gasteiger partial charge >= 0.3 is 0 Å². The average molecular weight is 274 g/mol. The molecule has 0 heterocycles. The van der Waals surface area contributed by atoms with Crippen LogP contribution in [0.4, 0.5) is 0 Å². The van der Waals surface area contributed by atoms with Gasteiger partial charge in [0.25, 0.3) is 0 Å². The molecule has 1 rings (SSSR count). The van der Waals surface area contributed by atoms with Crippen LogP contribution in [0.5, 0.6) is 0 Å². The molecule has 17 heavy (non-hydrogen) atoms. The van der Waals surface area contributed by atoms with Gasteiger partial charge in [0.15, 0.2) is 0 Å². The van der Waals surface area contributed by atoms with Gasteiger partial charge in [0.2, 0.25) is 0 Å². The summed E-state index contributed by atoms with van der Waals surface area (Å²) in [5, 5.41) is 4.19. The van der Waals surface area contributed by atoms with Gasteiger partial charge in [-0.2, -0.15) is 0 Å². The maximum atomic E-state index is 11.3. The summed E-state index contributed by atoms with van der Waals surface area (Å²) >= 11 is 5.98. The third-order valence-corrected chi connectivity index (χ3v) is 4.24. The van der Waals surface area contributed by atoms with Gasteiger partial charge in [0.1, 0.15) is 0 Å². The van der Waals surface area contributed by atoms with Gasteiger partial charge < -0.3 is 5.32 Å². The number of halogens is 1. The Labute approximate surface area is 111 Å². The molecule has 0 saturated heterocycles. The Balaban J connectivity index is 2.51. The van der Waals surface area contributed by atoms with Gasteiger partial charge in [-0.3, -0.25) is 4.21 Å². The zero-order chi connectivity index (χ0) is 12.7. The van der Waals surface area contributed by atoms with Gasteiger partial charge in [-0.05, 0) is 24.1 Å². The Kier molecular flexibility index (Phi) is 6.78. The molecular formula is C13H20ClNOS. The third-order valence-electron chi connectivity index (χ3n) is 2.70. The molecule has 2 unspecified atom stereocenters. The van der Waals surface area contributed by atoms with Crippen molar-refractivity contribution in [2.45, 2.75) is 26.3 Å². The van der Waals surface area contributed by atoms with E-state index < -0.39 is 10.8 Å². The van der Waals surface area contributed by atoms with Crippen molar-refractivity contribution >= 4 is 22.4 Å². The lowest BCUT2D eigenvalue weighted by Gasteiger charge is -2.17. The van der Waals surface area contributed by atoms with Gasteiger partial charge in [0, 0.05) is 39.9 Å². The highest BCUT2D eigenvalue weighted by molar-refractivity contribution is 7.84. The number of benzene rings is 1. The van der Waals surface area contributed by atoms with Crippen LogP contribution >= 0.6 is 11.6 Å². The second kappa shape index (κ2) is 7.85. The van der Waals surface area contributed by atoms with E-state index in [0.717, 1.165) is 23.7 Å². The van der Waals surface area contributed by atoms with Crippen molar-refractivity contribution in [1.82, 2.24) is 5.32 Å². The SMILES string of the molecule is CCC(NCCS(=O)CC)c1cccc(Cl)c1. The summed E-state index contributed by atoms with van der Waals surface area (Å²) in [4.78, 5) is 0. The van der Waals surface area contributed by atoms with Gasteiger partial charge in [-0.25, -0.2) is 0 Å². The highest BCUT2D eigenvalue weighted by Crippen LogP contribution is 2.19. The standard InChI is InChI=1S/C13H20ClNOS/c1-3-13(15-8-9-17(16)4-2)11-6-5-7-12(14)10-11/h5-7,10,13,15H,3-4,8-9H2,1-2H3. The predicted molar refractivity (Wildman–Crippen MR) is 76.0 cm³/mol. The molecule has 0 radical (unpaired) electrons. The molecule has 1 aromatic rings. The van der Waals surface area contributed by atoms with Gasteiger partial charge in [-0.1, -0.05) is 37.6 Å². The topological polar surface area (TPSA) is 29.1 Å². The van der Waals surface area contributed by atoms with Crippen molar-refractivity contribution in [3.8, 4) is 0 Å². The minimum Gasteiger partial charge on any atom is -0.309 e. The van der Waals surface area contributed by atoms with Crippen molar-refractivity contribution in [1.29, 1.82) is 0 Å². The van der Waals surface area contributed by atoms with Crippen LogP contribution in [0.3, 0.4) is 0 Å². The summed E-state index contributed by atoms with van der Waals surface area (Å²) < 4.78 is 11.3. The van der Waals surface area contributed by atoms with E-state index in [4.69, 9.17) is 11.6 Å². The summed E-state index contributed by atoms with van der Waals surface area (Å²) in [6.45, 7) is 4.87. The number of hydrogen-bond donors (Lipinski definition) is 1. The first-order valence-corrected chi connectivity index (χ1v) is 7.87. The fourth-order valence-electron chi connectivity index (χ4n) is 1.71. The summed E-state index contributed by atoms with van der Waals surface area (Å²) in [5.41, 5.74) is 1.20. The van der Waals surface area contributed by atoms with Crippen LogP contribution in [-0.2, 0) is 10.8 Å².